The van der Waals surface area contributed by atoms with E-state index in [1.807, 2.05) is 0 Å². The van der Waals surface area contributed by atoms with Crippen LogP contribution >= 0.6 is 23.4 Å². The SMILES string of the molecule is Nn1cnnc1SCC(=O)Nc1cccc(Cl)c1. The summed E-state index contributed by atoms with van der Waals surface area (Å²) in [6, 6.07) is 6.94. The van der Waals surface area contributed by atoms with Crippen molar-refractivity contribution in [3.8, 4) is 0 Å². The van der Waals surface area contributed by atoms with E-state index in [1.165, 1.54) is 22.8 Å². The van der Waals surface area contributed by atoms with Gasteiger partial charge in [0.2, 0.25) is 11.1 Å². The van der Waals surface area contributed by atoms with Crippen molar-refractivity contribution >= 4 is 35.0 Å². The van der Waals surface area contributed by atoms with Gasteiger partial charge >= 0.3 is 0 Å². The number of nitrogens with zero attached hydrogens (tertiary/aromatic N) is 3. The van der Waals surface area contributed by atoms with Crippen molar-refractivity contribution in [1.29, 1.82) is 0 Å². The highest BCUT2D eigenvalue weighted by molar-refractivity contribution is 7.99. The van der Waals surface area contributed by atoms with Gasteiger partial charge in [-0.3, -0.25) is 4.79 Å². The first-order chi connectivity index (χ1) is 8.65. The van der Waals surface area contributed by atoms with Gasteiger partial charge in [-0.15, -0.1) is 10.2 Å². The average Bonchev–Trinajstić information content (AvgIpc) is 2.72. The summed E-state index contributed by atoms with van der Waals surface area (Å²) in [6.07, 6.45) is 1.37. The van der Waals surface area contributed by atoms with Crippen LogP contribution in [-0.2, 0) is 4.79 Å². The number of thioether (sulfide) groups is 1. The standard InChI is InChI=1S/C10H10ClN5OS/c11-7-2-1-3-8(4-7)14-9(17)5-18-10-15-13-6-16(10)12/h1-4,6H,5,12H2,(H,14,17). The van der Waals surface area contributed by atoms with Gasteiger partial charge in [0.05, 0.1) is 5.75 Å². The van der Waals surface area contributed by atoms with E-state index >= 15 is 0 Å². The Morgan fingerprint density at radius 3 is 3.06 bits per heavy atom. The third-order valence-corrected chi connectivity index (χ3v) is 3.17. The minimum Gasteiger partial charge on any atom is -0.336 e. The quantitative estimate of drug-likeness (QED) is 0.654. The van der Waals surface area contributed by atoms with Crippen molar-refractivity contribution in [2.45, 2.75) is 5.16 Å². The molecular formula is C10H10ClN5OS. The number of anilines is 1. The summed E-state index contributed by atoms with van der Waals surface area (Å²) in [6.45, 7) is 0. The number of hydrogen-bond donors (Lipinski definition) is 2. The lowest BCUT2D eigenvalue weighted by Crippen LogP contribution is -2.15. The predicted molar refractivity (Wildman–Crippen MR) is 71.0 cm³/mol. The van der Waals surface area contributed by atoms with Gasteiger partial charge in [-0.25, -0.2) is 4.68 Å². The summed E-state index contributed by atoms with van der Waals surface area (Å²) < 4.78 is 1.26. The van der Waals surface area contributed by atoms with Gasteiger partial charge < -0.3 is 11.2 Å². The van der Waals surface area contributed by atoms with Crippen LogP contribution < -0.4 is 11.2 Å². The minimum absolute atomic E-state index is 0.162. The van der Waals surface area contributed by atoms with Gasteiger partial charge in [0.25, 0.3) is 0 Å². The van der Waals surface area contributed by atoms with Crippen molar-refractivity contribution in [1.82, 2.24) is 14.9 Å². The molecule has 0 saturated heterocycles. The number of carbonyl (C=O) groups is 1. The van der Waals surface area contributed by atoms with E-state index in [0.29, 0.717) is 15.9 Å². The largest absolute Gasteiger partial charge is 0.336 e. The highest BCUT2D eigenvalue weighted by Crippen LogP contribution is 2.16. The van der Waals surface area contributed by atoms with Gasteiger partial charge in [-0.1, -0.05) is 29.4 Å². The van der Waals surface area contributed by atoms with Gasteiger partial charge in [0, 0.05) is 10.7 Å². The maximum atomic E-state index is 11.7. The number of nitrogens with one attached hydrogen (secondary N) is 1. The summed E-state index contributed by atoms with van der Waals surface area (Å²) in [4.78, 5) is 11.7. The minimum atomic E-state index is -0.162. The van der Waals surface area contributed by atoms with E-state index in [9.17, 15) is 4.79 Å². The molecule has 0 aliphatic rings. The van der Waals surface area contributed by atoms with Gasteiger partial charge in [0.1, 0.15) is 6.33 Å². The molecule has 94 valence electrons. The zero-order valence-corrected chi connectivity index (χ0v) is 10.8. The lowest BCUT2D eigenvalue weighted by atomic mass is 10.3. The molecule has 2 rings (SSSR count). The zero-order chi connectivity index (χ0) is 13.0. The van der Waals surface area contributed by atoms with Crippen LogP contribution in [0, 0.1) is 0 Å². The second kappa shape index (κ2) is 5.74. The lowest BCUT2D eigenvalue weighted by molar-refractivity contribution is -0.113. The molecule has 0 spiro atoms. The molecule has 0 aliphatic heterocycles. The number of carbonyl (C=O) groups excluding carboxylic acids is 1. The van der Waals surface area contributed by atoms with Crippen LogP contribution in [0.1, 0.15) is 0 Å². The molecule has 0 bridgehead atoms. The normalized spacial score (nSPS) is 10.3. The van der Waals surface area contributed by atoms with Crippen molar-refractivity contribution in [3.63, 3.8) is 0 Å². The molecule has 0 aliphatic carbocycles. The Kier molecular flexibility index (Phi) is 4.06. The van der Waals surface area contributed by atoms with E-state index in [0.717, 1.165) is 0 Å². The van der Waals surface area contributed by atoms with E-state index < -0.39 is 0 Å². The van der Waals surface area contributed by atoms with Crippen LogP contribution in [-0.4, -0.2) is 26.5 Å². The van der Waals surface area contributed by atoms with Gasteiger partial charge in [-0.2, -0.15) is 0 Å². The fraction of sp³-hybridized carbons (Fsp3) is 0.100. The Morgan fingerprint density at radius 1 is 1.56 bits per heavy atom. The molecule has 0 atom stereocenters. The Hall–Kier alpha value is -1.73. The zero-order valence-electron chi connectivity index (χ0n) is 9.21. The Morgan fingerprint density at radius 2 is 2.39 bits per heavy atom. The first-order valence-corrected chi connectivity index (χ1v) is 6.35. The summed E-state index contributed by atoms with van der Waals surface area (Å²) in [5.74, 6) is 5.56. The van der Waals surface area contributed by atoms with E-state index in [2.05, 4.69) is 15.5 Å². The molecule has 0 fully saturated rings. The Labute approximate surface area is 112 Å². The fourth-order valence-electron chi connectivity index (χ4n) is 1.23. The predicted octanol–water partition coefficient (Wildman–Crippen LogP) is 1.38. The highest BCUT2D eigenvalue weighted by Gasteiger charge is 2.07. The third kappa shape index (κ3) is 3.38. The molecule has 3 N–H and O–H groups in total. The van der Waals surface area contributed by atoms with Crippen molar-refractivity contribution in [3.05, 3.63) is 35.6 Å². The molecule has 2 aromatic rings. The molecule has 8 heteroatoms. The highest BCUT2D eigenvalue weighted by atomic mass is 35.5. The van der Waals surface area contributed by atoms with Crippen molar-refractivity contribution < 1.29 is 4.79 Å². The molecule has 0 radical (unpaired) electrons. The monoisotopic (exact) mass is 283 g/mol. The van der Waals surface area contributed by atoms with Gasteiger partial charge in [0.15, 0.2) is 0 Å². The number of aromatic nitrogens is 3. The molecule has 1 heterocycles. The van der Waals surface area contributed by atoms with Gasteiger partial charge in [-0.05, 0) is 18.2 Å². The number of hydrogen-bond acceptors (Lipinski definition) is 5. The molecule has 0 saturated carbocycles. The molecule has 6 nitrogen and oxygen atoms in total. The summed E-state index contributed by atoms with van der Waals surface area (Å²) in [5, 5.41) is 11.1. The van der Waals surface area contributed by atoms with Crippen LogP contribution in [0.2, 0.25) is 5.02 Å². The summed E-state index contributed by atoms with van der Waals surface area (Å²) >= 11 is 7.02. The second-order valence-electron chi connectivity index (χ2n) is 3.37. The maximum absolute atomic E-state index is 11.7. The molecule has 1 aromatic carbocycles. The molecule has 1 amide bonds. The number of benzene rings is 1. The molecule has 18 heavy (non-hydrogen) atoms. The van der Waals surface area contributed by atoms with E-state index in [-0.39, 0.29) is 11.7 Å². The molecular weight excluding hydrogens is 274 g/mol. The third-order valence-electron chi connectivity index (χ3n) is 1.98. The van der Waals surface area contributed by atoms with Crippen molar-refractivity contribution in [2.24, 2.45) is 0 Å². The number of halogens is 1. The summed E-state index contributed by atoms with van der Waals surface area (Å²) in [5.41, 5.74) is 0.655. The van der Waals surface area contributed by atoms with E-state index in [4.69, 9.17) is 17.4 Å². The Bertz CT molecular complexity index is 559. The van der Waals surface area contributed by atoms with E-state index in [1.54, 1.807) is 24.3 Å². The first-order valence-electron chi connectivity index (χ1n) is 4.98. The average molecular weight is 284 g/mol. The van der Waals surface area contributed by atoms with Crippen LogP contribution in [0.3, 0.4) is 0 Å². The van der Waals surface area contributed by atoms with Crippen LogP contribution in [0.4, 0.5) is 5.69 Å². The lowest BCUT2D eigenvalue weighted by Gasteiger charge is -2.04. The molecule has 0 unspecified atom stereocenters. The number of nitrogen functional groups attached to an aromatic ring is 1. The number of nitrogens with two attached hydrogens (primary N) is 1. The number of amides is 1. The maximum Gasteiger partial charge on any atom is 0.234 e. The first kappa shape index (κ1) is 12.7. The van der Waals surface area contributed by atoms with Crippen molar-refractivity contribution in [2.75, 3.05) is 16.9 Å². The Balaban J connectivity index is 1.88. The smallest absolute Gasteiger partial charge is 0.234 e. The second-order valence-corrected chi connectivity index (χ2v) is 4.75. The topological polar surface area (TPSA) is 85.8 Å². The molecule has 1 aromatic heterocycles. The van der Waals surface area contributed by atoms with Crippen LogP contribution in [0.5, 0.6) is 0 Å². The fourth-order valence-corrected chi connectivity index (χ4v) is 2.05. The number of rotatable bonds is 4. The van der Waals surface area contributed by atoms with Crippen LogP contribution in [0.15, 0.2) is 35.7 Å². The van der Waals surface area contributed by atoms with Crippen LogP contribution in [0.25, 0.3) is 0 Å². The summed E-state index contributed by atoms with van der Waals surface area (Å²) in [7, 11) is 0.